The molecule has 0 saturated heterocycles. The second-order valence-electron chi connectivity index (χ2n) is 18.1. The van der Waals surface area contributed by atoms with Crippen LogP contribution in [-0.4, -0.2) is 15.2 Å². The van der Waals surface area contributed by atoms with Crippen LogP contribution in [0.4, 0.5) is 11.4 Å². The van der Waals surface area contributed by atoms with Gasteiger partial charge in [0.05, 0.1) is 28.1 Å². The summed E-state index contributed by atoms with van der Waals surface area (Å²) in [6, 6.07) is 83.2. The van der Waals surface area contributed by atoms with Crippen molar-refractivity contribution in [1.82, 2.24) is 9.13 Å². The van der Waals surface area contributed by atoms with E-state index >= 15 is 0 Å². The van der Waals surface area contributed by atoms with Crippen LogP contribution < -0.4 is 4.90 Å². The monoisotopic (exact) mass is 853 g/mol. The minimum absolute atomic E-state index is 0.256. The molecule has 0 fully saturated rings. The third-order valence-electron chi connectivity index (χ3n) is 14.4. The third-order valence-corrected chi connectivity index (χ3v) is 14.4. The minimum atomic E-state index is 0.256. The van der Waals surface area contributed by atoms with Gasteiger partial charge in [0.2, 0.25) is 0 Å². The van der Waals surface area contributed by atoms with E-state index in [1.165, 1.54) is 105 Å². The van der Waals surface area contributed by atoms with E-state index < -0.39 is 0 Å². The van der Waals surface area contributed by atoms with E-state index in [-0.39, 0.29) is 6.04 Å². The van der Waals surface area contributed by atoms with Crippen molar-refractivity contribution in [2.45, 2.75) is 12.0 Å². The first kappa shape index (κ1) is 37.7. The van der Waals surface area contributed by atoms with Crippen molar-refractivity contribution in [3.05, 3.63) is 254 Å². The minimum Gasteiger partial charge on any atom is -0.333 e. The zero-order valence-corrected chi connectivity index (χ0v) is 36.7. The number of hydrogen-bond acceptors (Lipinski definition) is 1. The van der Waals surface area contributed by atoms with E-state index in [4.69, 9.17) is 0 Å². The van der Waals surface area contributed by atoms with Crippen LogP contribution in [0.5, 0.6) is 0 Å². The summed E-state index contributed by atoms with van der Waals surface area (Å²) in [7, 11) is 0. The molecule has 314 valence electrons. The van der Waals surface area contributed by atoms with Crippen molar-refractivity contribution in [2.75, 3.05) is 4.90 Å². The lowest BCUT2D eigenvalue weighted by molar-refractivity contribution is 0.745. The highest BCUT2D eigenvalue weighted by atomic mass is 15.2. The van der Waals surface area contributed by atoms with Crippen LogP contribution in [0.15, 0.2) is 249 Å². The molecule has 10 aromatic carbocycles. The fourth-order valence-corrected chi connectivity index (χ4v) is 11.3. The second-order valence-corrected chi connectivity index (χ2v) is 18.1. The first-order valence-electron chi connectivity index (χ1n) is 23.3. The molecule has 2 unspecified atom stereocenters. The van der Waals surface area contributed by atoms with E-state index in [2.05, 4.69) is 263 Å². The summed E-state index contributed by atoms with van der Waals surface area (Å²) in [4.78, 5) is 2.51. The van der Waals surface area contributed by atoms with Crippen molar-refractivity contribution < 1.29 is 0 Å². The lowest BCUT2D eigenvalue weighted by atomic mass is 9.90. The van der Waals surface area contributed by atoms with Crippen LogP contribution in [0.3, 0.4) is 0 Å². The molecule has 1 aliphatic carbocycles. The van der Waals surface area contributed by atoms with Gasteiger partial charge in [0.1, 0.15) is 0 Å². The van der Waals surface area contributed by atoms with E-state index in [1.807, 2.05) is 0 Å². The number of para-hydroxylation sites is 5. The first-order valence-corrected chi connectivity index (χ1v) is 23.3. The molecule has 0 saturated carbocycles. The molecular weight excluding hydrogens is 811 g/mol. The number of anilines is 2. The maximum atomic E-state index is 2.51. The Kier molecular flexibility index (Phi) is 8.41. The Bertz CT molecular complexity index is 3870. The van der Waals surface area contributed by atoms with Crippen molar-refractivity contribution in [1.29, 1.82) is 0 Å². The van der Waals surface area contributed by atoms with Crippen molar-refractivity contribution >= 4 is 65.8 Å². The predicted molar refractivity (Wildman–Crippen MR) is 282 cm³/mol. The molecule has 2 aromatic heterocycles. The Labute approximate surface area is 389 Å². The molecule has 67 heavy (non-hydrogen) atoms. The molecule has 0 N–H and O–H groups in total. The van der Waals surface area contributed by atoms with Gasteiger partial charge in [-0.05, 0) is 135 Å². The lowest BCUT2D eigenvalue weighted by Gasteiger charge is -2.29. The molecule has 12 aromatic rings. The van der Waals surface area contributed by atoms with Gasteiger partial charge in [-0.1, -0.05) is 164 Å². The maximum Gasteiger partial charge on any atom is 0.0629 e. The Morgan fingerprint density at radius 2 is 0.746 bits per heavy atom. The molecular formula is C64H43N3. The average molecular weight is 854 g/mol. The Balaban J connectivity index is 0.875. The molecule has 3 heteroatoms. The molecule has 1 aliphatic heterocycles. The third kappa shape index (κ3) is 5.91. The van der Waals surface area contributed by atoms with Gasteiger partial charge in [-0.3, -0.25) is 0 Å². The van der Waals surface area contributed by atoms with Crippen LogP contribution in [-0.2, 0) is 0 Å². The Morgan fingerprint density at radius 3 is 1.30 bits per heavy atom. The van der Waals surface area contributed by atoms with Gasteiger partial charge in [0, 0.05) is 50.2 Å². The smallest absolute Gasteiger partial charge is 0.0629 e. The normalized spacial score (nSPS) is 15.3. The SMILES string of the molecule is C1=CC2c3ccccc3N(c3ccc(-c4cc5cc(-c6ccc(-n7c8ccccc8c8ccccc87)cc6)ccc5cc4-c4ccc(-n5c6ccccc6c6ccccc65)cc4)cc3)C2C=C1. The lowest BCUT2D eigenvalue weighted by Crippen LogP contribution is -2.28. The van der Waals surface area contributed by atoms with Gasteiger partial charge in [0.25, 0.3) is 0 Å². The largest absolute Gasteiger partial charge is 0.333 e. The fraction of sp³-hybridized carbons (Fsp3) is 0.0312. The molecule has 0 radical (unpaired) electrons. The number of fused-ring (bicyclic) bond motifs is 10. The maximum absolute atomic E-state index is 2.51. The van der Waals surface area contributed by atoms with Crippen molar-refractivity contribution in [2.24, 2.45) is 0 Å². The highest BCUT2D eigenvalue weighted by molar-refractivity contribution is 6.10. The van der Waals surface area contributed by atoms with Gasteiger partial charge in [-0.25, -0.2) is 0 Å². The molecule has 0 amide bonds. The van der Waals surface area contributed by atoms with Gasteiger partial charge in [-0.2, -0.15) is 0 Å². The number of nitrogens with zero attached hydrogens (tertiary/aromatic N) is 3. The molecule has 0 bridgehead atoms. The molecule has 3 heterocycles. The van der Waals surface area contributed by atoms with Crippen LogP contribution >= 0.6 is 0 Å². The highest BCUT2D eigenvalue weighted by Gasteiger charge is 2.37. The zero-order chi connectivity index (χ0) is 44.0. The van der Waals surface area contributed by atoms with Crippen molar-refractivity contribution in [3.63, 3.8) is 0 Å². The van der Waals surface area contributed by atoms with E-state index in [0.717, 1.165) is 11.4 Å². The van der Waals surface area contributed by atoms with Gasteiger partial charge in [-0.15, -0.1) is 0 Å². The summed E-state index contributed by atoms with van der Waals surface area (Å²) >= 11 is 0. The Hall–Kier alpha value is -8.66. The number of aromatic nitrogens is 2. The predicted octanol–water partition coefficient (Wildman–Crippen LogP) is 16.8. The molecule has 14 rings (SSSR count). The number of allylic oxidation sites excluding steroid dienone is 2. The van der Waals surface area contributed by atoms with Gasteiger partial charge < -0.3 is 14.0 Å². The standard InChI is InChI=1S/C64H43N3/c1-7-19-59-51(13-1)52-14-2-8-20-60(52)65(59)48-33-27-42(28-34-48)45-25-26-46-40-57(43-29-35-49(36-30-43)66-61-21-9-3-15-53(61)54-16-4-10-22-62(54)66)58(41-47(46)39-45)44-31-37-50(38-32-44)67-63-23-11-5-17-55(63)56-18-6-12-24-64(56)67/h1-41,55,63H. The highest BCUT2D eigenvalue weighted by Crippen LogP contribution is 2.48. The zero-order valence-electron chi connectivity index (χ0n) is 36.7. The van der Waals surface area contributed by atoms with Crippen LogP contribution in [0, 0.1) is 0 Å². The van der Waals surface area contributed by atoms with E-state index in [0.29, 0.717) is 5.92 Å². The average Bonchev–Trinajstić information content (AvgIpc) is 4.04. The summed E-state index contributed by atoms with van der Waals surface area (Å²) in [5.74, 6) is 0.345. The van der Waals surface area contributed by atoms with Crippen LogP contribution in [0.2, 0.25) is 0 Å². The summed E-state index contributed by atoms with van der Waals surface area (Å²) in [6.07, 6.45) is 9.07. The van der Waals surface area contributed by atoms with Gasteiger partial charge in [0.15, 0.2) is 0 Å². The number of rotatable bonds is 6. The molecule has 2 aliphatic rings. The van der Waals surface area contributed by atoms with E-state index in [9.17, 15) is 0 Å². The summed E-state index contributed by atoms with van der Waals surface area (Å²) in [5.41, 5.74) is 18.2. The second kappa shape index (κ2) is 14.9. The van der Waals surface area contributed by atoms with Crippen LogP contribution in [0.25, 0.3) is 99.1 Å². The summed E-state index contributed by atoms with van der Waals surface area (Å²) in [5, 5.41) is 7.51. The fourth-order valence-electron chi connectivity index (χ4n) is 11.3. The van der Waals surface area contributed by atoms with Gasteiger partial charge >= 0.3 is 0 Å². The summed E-state index contributed by atoms with van der Waals surface area (Å²) < 4.78 is 4.77. The quantitative estimate of drug-likeness (QED) is 0.162. The molecule has 3 nitrogen and oxygen atoms in total. The molecule has 2 atom stereocenters. The topological polar surface area (TPSA) is 13.1 Å². The first-order chi connectivity index (χ1) is 33.2. The molecule has 0 spiro atoms. The number of benzene rings is 10. The van der Waals surface area contributed by atoms with E-state index in [1.54, 1.807) is 0 Å². The Morgan fingerprint density at radius 1 is 0.313 bits per heavy atom. The van der Waals surface area contributed by atoms with Crippen molar-refractivity contribution in [3.8, 4) is 44.8 Å². The number of hydrogen-bond donors (Lipinski definition) is 0. The summed E-state index contributed by atoms with van der Waals surface area (Å²) in [6.45, 7) is 0. The van der Waals surface area contributed by atoms with Crippen LogP contribution in [0.1, 0.15) is 11.5 Å².